The lowest BCUT2D eigenvalue weighted by Gasteiger charge is -2.17. The maximum absolute atomic E-state index is 10.7. The Balaban J connectivity index is 2.89. The van der Waals surface area contributed by atoms with Gasteiger partial charge < -0.3 is 10.2 Å². The summed E-state index contributed by atoms with van der Waals surface area (Å²) in [4.78, 5) is 14.5. The molecule has 2 unspecified atom stereocenters. The molecule has 0 aromatic carbocycles. The molecule has 1 rings (SSSR count). The van der Waals surface area contributed by atoms with Crippen LogP contribution in [0.3, 0.4) is 0 Å². The minimum absolute atomic E-state index is 0.353. The number of aromatic nitrogens is 1. The zero-order chi connectivity index (χ0) is 11.3. The van der Waals surface area contributed by atoms with Crippen molar-refractivity contribution < 1.29 is 15.0 Å². The molecular formula is C10H12BrNO3. The van der Waals surface area contributed by atoms with Gasteiger partial charge in [-0.3, -0.25) is 9.78 Å². The highest BCUT2D eigenvalue weighted by molar-refractivity contribution is 9.09. The van der Waals surface area contributed by atoms with Crippen molar-refractivity contribution in [1.82, 2.24) is 4.98 Å². The lowest BCUT2D eigenvalue weighted by atomic mass is 10.0. The van der Waals surface area contributed by atoms with Crippen LogP contribution >= 0.6 is 15.9 Å². The molecule has 1 aromatic heterocycles. The average Bonchev–Trinajstić information content (AvgIpc) is 2.28. The second-order valence-corrected chi connectivity index (χ2v) is 3.91. The fourth-order valence-electron chi connectivity index (χ4n) is 1.25. The van der Waals surface area contributed by atoms with Gasteiger partial charge in [0, 0.05) is 28.9 Å². The number of hydrogen-bond acceptors (Lipinski definition) is 4. The molecule has 0 spiro atoms. The van der Waals surface area contributed by atoms with Crippen LogP contribution in [0.15, 0.2) is 18.5 Å². The first-order chi connectivity index (χ1) is 7.20. The zero-order valence-corrected chi connectivity index (χ0v) is 9.59. The highest BCUT2D eigenvalue weighted by Gasteiger charge is 2.20. The number of halogens is 1. The number of carbonyl (C=O) groups excluding carboxylic acids is 1. The Morgan fingerprint density at radius 1 is 1.53 bits per heavy atom. The number of aliphatic hydroxyl groups excluding tert-OH is 2. The van der Waals surface area contributed by atoms with Crippen LogP contribution in [0.5, 0.6) is 0 Å². The topological polar surface area (TPSA) is 70.4 Å². The third-order valence-corrected chi connectivity index (χ3v) is 2.56. The van der Waals surface area contributed by atoms with Gasteiger partial charge in [0.2, 0.25) is 0 Å². The first-order valence-electron chi connectivity index (χ1n) is 4.52. The van der Waals surface area contributed by atoms with E-state index in [1.807, 2.05) is 0 Å². The van der Waals surface area contributed by atoms with Crippen LogP contribution in [-0.2, 0) is 0 Å². The summed E-state index contributed by atoms with van der Waals surface area (Å²) < 4.78 is 0. The van der Waals surface area contributed by atoms with Crippen LogP contribution in [-0.4, -0.2) is 32.9 Å². The largest absolute Gasteiger partial charge is 0.390 e. The number of alkyl halides is 1. The molecule has 0 bridgehead atoms. The predicted molar refractivity (Wildman–Crippen MR) is 59.0 cm³/mol. The van der Waals surface area contributed by atoms with Gasteiger partial charge in [0.25, 0.3) is 0 Å². The molecule has 5 heteroatoms. The number of pyridine rings is 1. The SMILES string of the molecule is O=Cc1ccncc1C(O)C(O)CCBr. The van der Waals surface area contributed by atoms with Crippen LogP contribution in [0.25, 0.3) is 0 Å². The van der Waals surface area contributed by atoms with Crippen molar-refractivity contribution in [2.24, 2.45) is 0 Å². The number of nitrogens with zero attached hydrogens (tertiary/aromatic N) is 1. The normalized spacial score (nSPS) is 14.6. The van der Waals surface area contributed by atoms with Crippen molar-refractivity contribution in [3.8, 4) is 0 Å². The Hall–Kier alpha value is -0.780. The Morgan fingerprint density at radius 2 is 2.27 bits per heavy atom. The maximum atomic E-state index is 10.7. The van der Waals surface area contributed by atoms with Gasteiger partial charge in [-0.05, 0) is 12.5 Å². The summed E-state index contributed by atoms with van der Waals surface area (Å²) in [6.07, 6.45) is 1.95. The molecule has 4 nitrogen and oxygen atoms in total. The van der Waals surface area contributed by atoms with E-state index in [-0.39, 0.29) is 0 Å². The first kappa shape index (κ1) is 12.3. The lowest BCUT2D eigenvalue weighted by Crippen LogP contribution is -2.20. The summed E-state index contributed by atoms with van der Waals surface area (Å²) in [5.41, 5.74) is 0.715. The van der Waals surface area contributed by atoms with Crippen LogP contribution < -0.4 is 0 Å². The van der Waals surface area contributed by atoms with Crippen LogP contribution in [0.4, 0.5) is 0 Å². The highest BCUT2D eigenvalue weighted by atomic mass is 79.9. The second-order valence-electron chi connectivity index (χ2n) is 3.11. The molecule has 82 valence electrons. The van der Waals surface area contributed by atoms with Crippen molar-refractivity contribution >= 4 is 22.2 Å². The van der Waals surface area contributed by atoms with Crippen LogP contribution in [0.1, 0.15) is 28.4 Å². The summed E-state index contributed by atoms with van der Waals surface area (Å²) in [7, 11) is 0. The Morgan fingerprint density at radius 3 is 2.87 bits per heavy atom. The van der Waals surface area contributed by atoms with E-state index < -0.39 is 12.2 Å². The molecule has 0 amide bonds. The highest BCUT2D eigenvalue weighted by Crippen LogP contribution is 2.21. The summed E-state index contributed by atoms with van der Waals surface area (Å²) in [6.45, 7) is 0. The van der Waals surface area contributed by atoms with Gasteiger partial charge in [0.15, 0.2) is 6.29 Å². The Kier molecular flexibility index (Phi) is 4.87. The quantitative estimate of drug-likeness (QED) is 0.622. The minimum Gasteiger partial charge on any atom is -0.390 e. The van der Waals surface area contributed by atoms with Gasteiger partial charge in [-0.15, -0.1) is 0 Å². The van der Waals surface area contributed by atoms with Gasteiger partial charge in [0.05, 0.1) is 6.10 Å². The van der Waals surface area contributed by atoms with Crippen LogP contribution in [0, 0.1) is 0 Å². The molecule has 1 heterocycles. The molecule has 0 saturated heterocycles. The Bertz CT molecular complexity index is 332. The number of rotatable bonds is 5. The third kappa shape index (κ3) is 3.09. The summed E-state index contributed by atoms with van der Waals surface area (Å²) >= 11 is 3.17. The standard InChI is InChI=1S/C10H12BrNO3/c11-3-1-9(14)10(15)8-5-12-4-2-7(8)6-13/h2,4-6,9-10,14-15H,1,3H2. The maximum Gasteiger partial charge on any atom is 0.150 e. The first-order valence-corrected chi connectivity index (χ1v) is 5.64. The third-order valence-electron chi connectivity index (χ3n) is 2.10. The second kappa shape index (κ2) is 5.95. The van der Waals surface area contributed by atoms with Crippen molar-refractivity contribution in [1.29, 1.82) is 0 Å². The number of aliphatic hydroxyl groups is 2. The molecular weight excluding hydrogens is 262 g/mol. The molecule has 0 radical (unpaired) electrons. The summed E-state index contributed by atoms with van der Waals surface area (Å²) in [6, 6.07) is 1.51. The minimum atomic E-state index is -1.07. The molecule has 0 aliphatic carbocycles. The molecule has 15 heavy (non-hydrogen) atoms. The molecule has 0 aliphatic heterocycles. The van der Waals surface area contributed by atoms with E-state index in [9.17, 15) is 15.0 Å². The van der Waals surface area contributed by atoms with E-state index in [1.54, 1.807) is 0 Å². The molecule has 2 atom stereocenters. The number of carbonyl (C=O) groups is 1. The van der Waals surface area contributed by atoms with Crippen molar-refractivity contribution in [3.05, 3.63) is 29.6 Å². The predicted octanol–water partition coefficient (Wildman–Crippen LogP) is 1.07. The van der Waals surface area contributed by atoms with E-state index in [0.29, 0.717) is 29.2 Å². The molecule has 0 aliphatic rings. The summed E-state index contributed by atoms with van der Waals surface area (Å²) in [5.74, 6) is 0. The van der Waals surface area contributed by atoms with Crippen molar-refractivity contribution in [2.45, 2.75) is 18.6 Å². The van der Waals surface area contributed by atoms with E-state index in [4.69, 9.17) is 0 Å². The number of hydrogen-bond donors (Lipinski definition) is 2. The lowest BCUT2D eigenvalue weighted by molar-refractivity contribution is 0.0168. The smallest absolute Gasteiger partial charge is 0.150 e. The molecule has 0 saturated carbocycles. The molecule has 2 N–H and O–H groups in total. The van der Waals surface area contributed by atoms with Gasteiger partial charge >= 0.3 is 0 Å². The zero-order valence-electron chi connectivity index (χ0n) is 8.01. The summed E-state index contributed by atoms with van der Waals surface area (Å²) in [5, 5.41) is 19.9. The van der Waals surface area contributed by atoms with E-state index in [0.717, 1.165) is 0 Å². The van der Waals surface area contributed by atoms with Crippen molar-refractivity contribution in [2.75, 3.05) is 5.33 Å². The fourth-order valence-corrected chi connectivity index (χ4v) is 1.72. The van der Waals surface area contributed by atoms with Crippen molar-refractivity contribution in [3.63, 3.8) is 0 Å². The monoisotopic (exact) mass is 273 g/mol. The average molecular weight is 274 g/mol. The molecule has 0 fully saturated rings. The van der Waals surface area contributed by atoms with E-state index >= 15 is 0 Å². The van der Waals surface area contributed by atoms with Gasteiger partial charge in [-0.2, -0.15) is 0 Å². The van der Waals surface area contributed by atoms with E-state index in [1.165, 1.54) is 18.5 Å². The van der Waals surface area contributed by atoms with Crippen LogP contribution in [0.2, 0.25) is 0 Å². The van der Waals surface area contributed by atoms with E-state index in [2.05, 4.69) is 20.9 Å². The molecule has 1 aromatic rings. The van der Waals surface area contributed by atoms with Gasteiger partial charge in [-0.1, -0.05) is 15.9 Å². The fraction of sp³-hybridized carbons (Fsp3) is 0.400. The Labute approximate surface area is 96.1 Å². The number of aldehydes is 1. The van der Waals surface area contributed by atoms with Gasteiger partial charge in [0.1, 0.15) is 6.10 Å². The van der Waals surface area contributed by atoms with Gasteiger partial charge in [-0.25, -0.2) is 0 Å².